The van der Waals surface area contributed by atoms with E-state index < -0.39 is 6.10 Å². The lowest BCUT2D eigenvalue weighted by molar-refractivity contribution is -0.146. The summed E-state index contributed by atoms with van der Waals surface area (Å²) >= 11 is 0. The highest BCUT2D eigenvalue weighted by Crippen LogP contribution is 2.18. The van der Waals surface area contributed by atoms with Gasteiger partial charge in [-0.15, -0.1) is 12.3 Å². The highest BCUT2D eigenvalue weighted by atomic mass is 16.5. The fourth-order valence-corrected chi connectivity index (χ4v) is 1.08. The Morgan fingerprint density at radius 3 is 3.00 bits per heavy atom. The number of carbonyl (C=O) groups excluding carboxylic acids is 1. The number of aromatic nitrogens is 1. The normalized spacial score (nSPS) is 11.4. The molecule has 0 aliphatic heterocycles. The third kappa shape index (κ3) is 2.91. The van der Waals surface area contributed by atoms with Crippen LogP contribution in [0.1, 0.15) is 25.1 Å². The lowest BCUT2D eigenvalue weighted by Crippen LogP contribution is -2.09. The molecular weight excluding hydrogens is 178 g/mol. The number of pyridine rings is 1. The van der Waals surface area contributed by atoms with Gasteiger partial charge in [-0.1, -0.05) is 6.07 Å². The first kappa shape index (κ1) is 10.3. The summed E-state index contributed by atoms with van der Waals surface area (Å²) in [6, 6.07) is 5.41. The third-order valence-corrected chi connectivity index (χ3v) is 1.63. The van der Waals surface area contributed by atoms with Gasteiger partial charge in [0.05, 0.1) is 12.1 Å². The zero-order chi connectivity index (χ0) is 10.4. The van der Waals surface area contributed by atoms with E-state index in [9.17, 15) is 4.79 Å². The van der Waals surface area contributed by atoms with Crippen molar-refractivity contribution in [2.75, 3.05) is 0 Å². The molecule has 1 rings (SSSR count). The van der Waals surface area contributed by atoms with Crippen molar-refractivity contribution in [1.29, 1.82) is 0 Å². The Hall–Kier alpha value is -1.82. The van der Waals surface area contributed by atoms with Gasteiger partial charge < -0.3 is 4.74 Å². The van der Waals surface area contributed by atoms with Crippen molar-refractivity contribution in [3.63, 3.8) is 0 Å². The number of hydrogen-bond acceptors (Lipinski definition) is 3. The lowest BCUT2D eigenvalue weighted by atomic mass is 10.2. The van der Waals surface area contributed by atoms with Crippen molar-refractivity contribution in [2.24, 2.45) is 0 Å². The minimum absolute atomic E-state index is 0.344. The van der Waals surface area contributed by atoms with Crippen LogP contribution in [0.15, 0.2) is 24.4 Å². The average Bonchev–Trinajstić information content (AvgIpc) is 2.18. The predicted molar refractivity (Wildman–Crippen MR) is 52.2 cm³/mol. The maximum Gasteiger partial charge on any atom is 0.303 e. The highest BCUT2D eigenvalue weighted by molar-refractivity contribution is 5.66. The molecule has 14 heavy (non-hydrogen) atoms. The molecule has 0 aliphatic carbocycles. The summed E-state index contributed by atoms with van der Waals surface area (Å²) in [7, 11) is 0. The highest BCUT2D eigenvalue weighted by Gasteiger charge is 2.13. The minimum atomic E-state index is -0.432. The van der Waals surface area contributed by atoms with Crippen molar-refractivity contribution in [3.8, 4) is 12.3 Å². The molecule has 72 valence electrons. The summed E-state index contributed by atoms with van der Waals surface area (Å²) in [5, 5.41) is 0. The van der Waals surface area contributed by atoms with Crippen molar-refractivity contribution in [1.82, 2.24) is 4.98 Å². The second-order valence-corrected chi connectivity index (χ2v) is 2.76. The second kappa shape index (κ2) is 5.03. The number of rotatable bonds is 3. The van der Waals surface area contributed by atoms with Gasteiger partial charge in [0, 0.05) is 13.1 Å². The van der Waals surface area contributed by atoms with E-state index in [1.54, 1.807) is 18.3 Å². The molecule has 0 saturated carbocycles. The molecule has 0 radical (unpaired) electrons. The van der Waals surface area contributed by atoms with Gasteiger partial charge in [-0.05, 0) is 12.1 Å². The van der Waals surface area contributed by atoms with E-state index in [1.807, 2.05) is 6.07 Å². The fourth-order valence-electron chi connectivity index (χ4n) is 1.08. The molecule has 0 N–H and O–H groups in total. The fraction of sp³-hybridized carbons (Fsp3) is 0.273. The van der Waals surface area contributed by atoms with Crippen molar-refractivity contribution >= 4 is 5.97 Å². The lowest BCUT2D eigenvalue weighted by Gasteiger charge is -2.13. The van der Waals surface area contributed by atoms with Crippen LogP contribution in [-0.4, -0.2) is 11.0 Å². The van der Waals surface area contributed by atoms with Crippen LogP contribution >= 0.6 is 0 Å². The Kier molecular flexibility index (Phi) is 3.69. The van der Waals surface area contributed by atoms with E-state index in [0.29, 0.717) is 12.1 Å². The standard InChI is InChI=1S/C11H11NO2/c1-3-6-11(14-9(2)13)10-7-4-5-8-12-10/h1,4-5,7-8,11H,6H2,2H3. The van der Waals surface area contributed by atoms with Gasteiger partial charge in [-0.3, -0.25) is 9.78 Å². The molecule has 0 aromatic carbocycles. The van der Waals surface area contributed by atoms with Crippen LogP contribution in [0.4, 0.5) is 0 Å². The summed E-state index contributed by atoms with van der Waals surface area (Å²) < 4.78 is 5.03. The molecule has 0 amide bonds. The number of nitrogens with zero attached hydrogens (tertiary/aromatic N) is 1. The molecule has 3 nitrogen and oxygen atoms in total. The number of ether oxygens (including phenoxy) is 1. The molecule has 0 saturated heterocycles. The zero-order valence-electron chi connectivity index (χ0n) is 7.93. The van der Waals surface area contributed by atoms with E-state index in [1.165, 1.54) is 6.92 Å². The Morgan fingerprint density at radius 1 is 1.71 bits per heavy atom. The summed E-state index contributed by atoms with van der Waals surface area (Å²) in [5.41, 5.74) is 0.681. The van der Waals surface area contributed by atoms with Crippen molar-refractivity contribution in [2.45, 2.75) is 19.4 Å². The predicted octanol–water partition coefficient (Wildman–Crippen LogP) is 1.71. The molecule has 1 aromatic rings. The Balaban J connectivity index is 2.78. The minimum Gasteiger partial charge on any atom is -0.455 e. The molecule has 0 aliphatic rings. The van der Waals surface area contributed by atoms with E-state index in [-0.39, 0.29) is 5.97 Å². The van der Waals surface area contributed by atoms with E-state index in [0.717, 1.165) is 0 Å². The van der Waals surface area contributed by atoms with Crippen LogP contribution in [0.2, 0.25) is 0 Å². The number of hydrogen-bond donors (Lipinski definition) is 0. The maximum absolute atomic E-state index is 10.8. The van der Waals surface area contributed by atoms with Crippen molar-refractivity contribution < 1.29 is 9.53 Å². The molecule has 1 atom stereocenters. The summed E-state index contributed by atoms with van der Waals surface area (Å²) in [4.78, 5) is 14.9. The molecule has 3 heteroatoms. The van der Waals surface area contributed by atoms with Gasteiger partial charge in [0.25, 0.3) is 0 Å². The topological polar surface area (TPSA) is 39.2 Å². The monoisotopic (exact) mass is 189 g/mol. The molecule has 1 aromatic heterocycles. The first-order chi connectivity index (χ1) is 6.74. The number of terminal acetylenes is 1. The molecule has 0 bridgehead atoms. The SMILES string of the molecule is C#CCC(OC(C)=O)c1ccccn1. The summed E-state index contributed by atoms with van der Waals surface area (Å²) in [6.45, 7) is 1.35. The number of esters is 1. The Bertz CT molecular complexity index is 340. The van der Waals surface area contributed by atoms with Gasteiger partial charge in [-0.25, -0.2) is 0 Å². The molecule has 1 heterocycles. The van der Waals surface area contributed by atoms with Crippen LogP contribution in [0, 0.1) is 12.3 Å². The first-order valence-corrected chi connectivity index (χ1v) is 4.25. The van der Waals surface area contributed by atoms with Crippen LogP contribution in [0.25, 0.3) is 0 Å². The van der Waals surface area contributed by atoms with Gasteiger partial charge in [0.2, 0.25) is 0 Å². The summed E-state index contributed by atoms with van der Waals surface area (Å²) in [6.07, 6.45) is 6.73. The Morgan fingerprint density at radius 2 is 2.50 bits per heavy atom. The molecule has 0 fully saturated rings. The molecule has 1 unspecified atom stereocenters. The Labute approximate surface area is 83.1 Å². The van der Waals surface area contributed by atoms with E-state index in [2.05, 4.69) is 10.9 Å². The third-order valence-electron chi connectivity index (χ3n) is 1.63. The van der Waals surface area contributed by atoms with Crippen LogP contribution < -0.4 is 0 Å². The average molecular weight is 189 g/mol. The maximum atomic E-state index is 10.8. The van der Waals surface area contributed by atoms with Crippen LogP contribution in [0.3, 0.4) is 0 Å². The van der Waals surface area contributed by atoms with Gasteiger partial charge in [-0.2, -0.15) is 0 Å². The number of carbonyl (C=O) groups is 1. The second-order valence-electron chi connectivity index (χ2n) is 2.76. The zero-order valence-corrected chi connectivity index (χ0v) is 7.93. The molecule has 0 spiro atoms. The van der Waals surface area contributed by atoms with Gasteiger partial charge in [0.1, 0.15) is 0 Å². The van der Waals surface area contributed by atoms with E-state index >= 15 is 0 Å². The van der Waals surface area contributed by atoms with Gasteiger partial charge in [0.15, 0.2) is 6.10 Å². The quantitative estimate of drug-likeness (QED) is 0.536. The van der Waals surface area contributed by atoms with Gasteiger partial charge >= 0.3 is 5.97 Å². The van der Waals surface area contributed by atoms with Crippen LogP contribution in [-0.2, 0) is 9.53 Å². The van der Waals surface area contributed by atoms with Crippen LogP contribution in [0.5, 0.6) is 0 Å². The molecular formula is C11H11NO2. The van der Waals surface area contributed by atoms with Crippen molar-refractivity contribution in [3.05, 3.63) is 30.1 Å². The van der Waals surface area contributed by atoms with E-state index in [4.69, 9.17) is 11.2 Å². The smallest absolute Gasteiger partial charge is 0.303 e. The summed E-state index contributed by atoms with van der Waals surface area (Å²) in [5.74, 6) is 2.10. The largest absolute Gasteiger partial charge is 0.455 e. The first-order valence-electron chi connectivity index (χ1n) is 4.25.